The van der Waals surface area contributed by atoms with Gasteiger partial charge in [-0.25, -0.2) is 4.79 Å². The first kappa shape index (κ1) is 10.8. The zero-order valence-electron chi connectivity index (χ0n) is 9.62. The Labute approximate surface area is 95.2 Å². The van der Waals surface area contributed by atoms with Crippen LogP contribution in [-0.4, -0.2) is 33.2 Å². The van der Waals surface area contributed by atoms with Crippen LogP contribution in [0.3, 0.4) is 0 Å². The summed E-state index contributed by atoms with van der Waals surface area (Å²) in [6.45, 7) is 1.96. The van der Waals surface area contributed by atoms with Crippen LogP contribution in [0.2, 0.25) is 0 Å². The van der Waals surface area contributed by atoms with Gasteiger partial charge in [-0.05, 0) is 24.6 Å². The fourth-order valence-electron chi connectivity index (χ4n) is 1.90. The third-order valence-corrected chi connectivity index (χ3v) is 2.82. The van der Waals surface area contributed by atoms with Gasteiger partial charge in [0.25, 0.3) is 0 Å². The Morgan fingerprint density at radius 3 is 3.06 bits per heavy atom. The smallest absolute Gasteiger partial charge is 0.337 e. The van der Waals surface area contributed by atoms with Crippen molar-refractivity contribution in [2.24, 2.45) is 0 Å². The SMILES string of the molecule is COC(=O)c1ccc2c(c1)N(C)CCCN2. The Morgan fingerprint density at radius 2 is 2.31 bits per heavy atom. The van der Waals surface area contributed by atoms with Gasteiger partial charge in [-0.1, -0.05) is 0 Å². The van der Waals surface area contributed by atoms with E-state index in [0.29, 0.717) is 5.56 Å². The first-order valence-corrected chi connectivity index (χ1v) is 5.40. The molecular weight excluding hydrogens is 204 g/mol. The predicted molar refractivity (Wildman–Crippen MR) is 64.2 cm³/mol. The summed E-state index contributed by atoms with van der Waals surface area (Å²) in [4.78, 5) is 13.6. The number of carbonyl (C=O) groups excluding carboxylic acids is 1. The monoisotopic (exact) mass is 220 g/mol. The van der Waals surface area contributed by atoms with E-state index in [1.54, 1.807) is 6.07 Å². The molecule has 4 nitrogen and oxygen atoms in total. The number of anilines is 2. The molecule has 1 aromatic rings. The summed E-state index contributed by atoms with van der Waals surface area (Å²) in [7, 11) is 3.43. The molecule has 0 radical (unpaired) electrons. The second-order valence-electron chi connectivity index (χ2n) is 3.93. The molecule has 1 aliphatic rings. The van der Waals surface area contributed by atoms with E-state index < -0.39 is 0 Å². The molecule has 4 heteroatoms. The van der Waals surface area contributed by atoms with Gasteiger partial charge >= 0.3 is 5.97 Å². The standard InChI is InChI=1S/C12H16N2O2/c1-14-7-3-6-13-10-5-4-9(8-11(10)14)12(15)16-2/h4-5,8,13H,3,6-7H2,1-2H3. The first-order chi connectivity index (χ1) is 7.72. The van der Waals surface area contributed by atoms with Crippen molar-refractivity contribution in [3.05, 3.63) is 23.8 Å². The predicted octanol–water partition coefficient (Wildman–Crippen LogP) is 1.72. The third kappa shape index (κ3) is 1.96. The van der Waals surface area contributed by atoms with Gasteiger partial charge in [-0.15, -0.1) is 0 Å². The summed E-state index contributed by atoms with van der Waals surface area (Å²) >= 11 is 0. The molecule has 1 aliphatic heterocycles. The topological polar surface area (TPSA) is 41.6 Å². The minimum atomic E-state index is -0.291. The highest BCUT2D eigenvalue weighted by atomic mass is 16.5. The molecule has 0 saturated heterocycles. The van der Waals surface area contributed by atoms with Crippen LogP contribution in [0, 0.1) is 0 Å². The quantitative estimate of drug-likeness (QED) is 0.732. The Hall–Kier alpha value is -1.71. The summed E-state index contributed by atoms with van der Waals surface area (Å²) in [5.41, 5.74) is 2.73. The van der Waals surface area contributed by atoms with Crippen molar-refractivity contribution in [2.45, 2.75) is 6.42 Å². The van der Waals surface area contributed by atoms with Gasteiger partial charge in [0.15, 0.2) is 0 Å². The van der Waals surface area contributed by atoms with E-state index in [9.17, 15) is 4.79 Å². The second-order valence-corrected chi connectivity index (χ2v) is 3.93. The van der Waals surface area contributed by atoms with E-state index in [2.05, 4.69) is 10.2 Å². The van der Waals surface area contributed by atoms with Crippen molar-refractivity contribution >= 4 is 17.3 Å². The molecule has 0 fully saturated rings. The lowest BCUT2D eigenvalue weighted by molar-refractivity contribution is 0.0601. The van der Waals surface area contributed by atoms with Crippen LogP contribution in [-0.2, 0) is 4.74 Å². The second kappa shape index (κ2) is 4.43. The molecule has 1 aromatic carbocycles. The average molecular weight is 220 g/mol. The van der Waals surface area contributed by atoms with Crippen molar-refractivity contribution in [2.75, 3.05) is 37.5 Å². The number of hydrogen-bond donors (Lipinski definition) is 1. The van der Waals surface area contributed by atoms with E-state index in [4.69, 9.17) is 4.74 Å². The number of hydrogen-bond acceptors (Lipinski definition) is 4. The number of benzene rings is 1. The van der Waals surface area contributed by atoms with Crippen LogP contribution in [0.4, 0.5) is 11.4 Å². The van der Waals surface area contributed by atoms with Crippen LogP contribution in [0.25, 0.3) is 0 Å². The lowest BCUT2D eigenvalue weighted by Crippen LogP contribution is -2.18. The van der Waals surface area contributed by atoms with Crippen LogP contribution in [0.5, 0.6) is 0 Å². The number of ether oxygens (including phenoxy) is 1. The Bertz CT molecular complexity index is 404. The molecule has 0 amide bonds. The van der Waals surface area contributed by atoms with E-state index in [1.165, 1.54) is 7.11 Å². The molecule has 0 aromatic heterocycles. The van der Waals surface area contributed by atoms with Crippen LogP contribution < -0.4 is 10.2 Å². The van der Waals surface area contributed by atoms with Crippen molar-refractivity contribution < 1.29 is 9.53 Å². The molecule has 0 atom stereocenters. The summed E-state index contributed by atoms with van der Waals surface area (Å²) < 4.78 is 4.72. The number of nitrogens with one attached hydrogen (secondary N) is 1. The molecule has 86 valence electrons. The number of methoxy groups -OCH3 is 1. The number of esters is 1. The Morgan fingerprint density at radius 1 is 1.50 bits per heavy atom. The minimum Gasteiger partial charge on any atom is -0.465 e. The van der Waals surface area contributed by atoms with Crippen molar-refractivity contribution in [1.29, 1.82) is 0 Å². The molecule has 0 aliphatic carbocycles. The summed E-state index contributed by atoms with van der Waals surface area (Å²) in [6, 6.07) is 5.60. The molecule has 16 heavy (non-hydrogen) atoms. The largest absolute Gasteiger partial charge is 0.465 e. The fraction of sp³-hybridized carbons (Fsp3) is 0.417. The van der Waals surface area contributed by atoms with Crippen LogP contribution in [0.15, 0.2) is 18.2 Å². The van der Waals surface area contributed by atoms with E-state index in [1.807, 2.05) is 19.2 Å². The number of fused-ring (bicyclic) bond motifs is 1. The van der Waals surface area contributed by atoms with Crippen LogP contribution >= 0.6 is 0 Å². The Kier molecular flexibility index (Phi) is 2.99. The third-order valence-electron chi connectivity index (χ3n) is 2.82. The highest BCUT2D eigenvalue weighted by Crippen LogP contribution is 2.28. The Balaban J connectivity index is 2.39. The molecule has 0 saturated carbocycles. The highest BCUT2D eigenvalue weighted by molar-refractivity contribution is 5.92. The zero-order chi connectivity index (χ0) is 11.5. The normalized spacial score (nSPS) is 14.8. The molecule has 0 bridgehead atoms. The number of carbonyl (C=O) groups is 1. The molecule has 0 spiro atoms. The zero-order valence-corrected chi connectivity index (χ0v) is 9.62. The highest BCUT2D eigenvalue weighted by Gasteiger charge is 2.14. The van der Waals surface area contributed by atoms with Gasteiger partial charge in [0.2, 0.25) is 0 Å². The lowest BCUT2D eigenvalue weighted by atomic mass is 10.1. The van der Waals surface area contributed by atoms with E-state index >= 15 is 0 Å². The van der Waals surface area contributed by atoms with Crippen molar-refractivity contribution in [3.63, 3.8) is 0 Å². The van der Waals surface area contributed by atoms with Gasteiger partial charge < -0.3 is 15.0 Å². The summed E-state index contributed by atoms with van der Waals surface area (Å²) in [6.07, 6.45) is 1.10. The number of nitrogens with zero attached hydrogens (tertiary/aromatic N) is 1. The van der Waals surface area contributed by atoms with Gasteiger partial charge in [0.05, 0.1) is 24.0 Å². The van der Waals surface area contributed by atoms with Gasteiger partial charge in [0.1, 0.15) is 0 Å². The molecular formula is C12H16N2O2. The minimum absolute atomic E-state index is 0.291. The fourth-order valence-corrected chi connectivity index (χ4v) is 1.90. The van der Waals surface area contributed by atoms with Gasteiger partial charge in [-0.2, -0.15) is 0 Å². The maximum Gasteiger partial charge on any atom is 0.337 e. The van der Waals surface area contributed by atoms with Crippen molar-refractivity contribution in [1.82, 2.24) is 0 Å². The maximum absolute atomic E-state index is 11.4. The maximum atomic E-state index is 11.4. The molecule has 1 N–H and O–H groups in total. The summed E-state index contributed by atoms with van der Waals surface area (Å²) in [5, 5.41) is 3.35. The van der Waals surface area contributed by atoms with Gasteiger partial charge in [0, 0.05) is 20.1 Å². The number of rotatable bonds is 1. The first-order valence-electron chi connectivity index (χ1n) is 5.40. The van der Waals surface area contributed by atoms with E-state index in [-0.39, 0.29) is 5.97 Å². The van der Waals surface area contributed by atoms with Gasteiger partial charge in [-0.3, -0.25) is 0 Å². The lowest BCUT2D eigenvalue weighted by Gasteiger charge is -2.19. The van der Waals surface area contributed by atoms with Crippen molar-refractivity contribution in [3.8, 4) is 0 Å². The summed E-state index contributed by atoms with van der Waals surface area (Å²) in [5.74, 6) is -0.291. The average Bonchev–Trinajstić information content (AvgIpc) is 2.50. The van der Waals surface area contributed by atoms with E-state index in [0.717, 1.165) is 30.9 Å². The molecule has 0 unspecified atom stereocenters. The molecule has 1 heterocycles. The molecule has 2 rings (SSSR count). The van der Waals surface area contributed by atoms with Crippen LogP contribution in [0.1, 0.15) is 16.8 Å².